The van der Waals surface area contributed by atoms with E-state index in [1.807, 2.05) is 0 Å². The Balaban J connectivity index is 2.90. The van der Waals surface area contributed by atoms with Crippen molar-refractivity contribution in [2.75, 3.05) is 40.3 Å². The lowest BCUT2D eigenvalue weighted by atomic mass is 9.95. The molecule has 0 aliphatic carbocycles. The second-order valence-electron chi connectivity index (χ2n) is 17.8. The van der Waals surface area contributed by atoms with Crippen LogP contribution in [0, 0.1) is 11.8 Å². The summed E-state index contributed by atoms with van der Waals surface area (Å²) in [6.07, 6.45) is -6.05. The van der Waals surface area contributed by atoms with E-state index in [-0.39, 0.29) is 12.2 Å². The minimum Gasteiger partial charge on any atom is -0.458 e. The van der Waals surface area contributed by atoms with Crippen LogP contribution in [0.25, 0.3) is 0 Å². The highest BCUT2D eigenvalue weighted by Gasteiger charge is 2.46. The van der Waals surface area contributed by atoms with E-state index in [1.165, 1.54) is 55.9 Å². The minimum atomic E-state index is -1.86. The van der Waals surface area contributed by atoms with Gasteiger partial charge in [-0.25, -0.2) is 14.4 Å². The molecule has 390 valence electrons. The van der Waals surface area contributed by atoms with Crippen molar-refractivity contribution in [3.8, 4) is 0 Å². The Labute approximate surface area is 413 Å². The monoisotopic (exact) mass is 1010 g/mol. The second kappa shape index (κ2) is 27.4. The average molecular weight is 1010 g/mol. The van der Waals surface area contributed by atoms with E-state index in [0.717, 1.165) is 33.4 Å². The highest BCUT2D eigenvalue weighted by atomic mass is 32.2. The molecular formula is C47H71N7O15S. The van der Waals surface area contributed by atoms with E-state index >= 15 is 4.79 Å². The van der Waals surface area contributed by atoms with Crippen molar-refractivity contribution in [2.24, 2.45) is 11.8 Å². The fraction of sp³-hybridized carbons (Fsp3) is 0.617. The first kappa shape index (κ1) is 60.1. The molecule has 0 bridgehead atoms. The van der Waals surface area contributed by atoms with Crippen molar-refractivity contribution in [2.45, 2.75) is 136 Å². The van der Waals surface area contributed by atoms with Crippen LogP contribution in [0.4, 0.5) is 0 Å². The van der Waals surface area contributed by atoms with Crippen LogP contribution in [-0.4, -0.2) is 186 Å². The van der Waals surface area contributed by atoms with Crippen LogP contribution in [0.5, 0.6) is 0 Å². The maximum Gasteiger partial charge on any atom is 0.333 e. The number of hydrogen-bond donors (Lipinski definition) is 5. The van der Waals surface area contributed by atoms with E-state index in [1.54, 1.807) is 64.3 Å². The van der Waals surface area contributed by atoms with Crippen LogP contribution in [0.1, 0.15) is 67.9 Å². The fourth-order valence-corrected chi connectivity index (χ4v) is 7.51. The molecule has 0 aromatic heterocycles. The number of nitrogens with one attached hydrogen (secondary N) is 4. The quantitative estimate of drug-likeness (QED) is 0.0908. The van der Waals surface area contributed by atoms with E-state index in [4.69, 9.17) is 18.9 Å². The normalized spacial score (nSPS) is 24.8. The lowest BCUT2D eigenvalue weighted by Gasteiger charge is -2.38. The molecular weight excluding hydrogens is 935 g/mol. The van der Waals surface area contributed by atoms with Crippen LogP contribution < -0.4 is 21.3 Å². The maximum absolute atomic E-state index is 15.0. The van der Waals surface area contributed by atoms with Crippen molar-refractivity contribution < 1.29 is 72.0 Å². The van der Waals surface area contributed by atoms with Crippen LogP contribution in [0.2, 0.25) is 0 Å². The molecule has 1 heterocycles. The molecule has 0 radical (unpaired) electrons. The van der Waals surface area contributed by atoms with Gasteiger partial charge in [-0.1, -0.05) is 64.6 Å². The highest BCUT2D eigenvalue weighted by molar-refractivity contribution is 7.99. The molecule has 1 fully saturated rings. The third-order valence-electron chi connectivity index (χ3n) is 11.7. The number of aliphatic hydroxyl groups is 1. The van der Waals surface area contributed by atoms with Crippen LogP contribution in [0.15, 0.2) is 42.6 Å². The van der Waals surface area contributed by atoms with Gasteiger partial charge in [0.2, 0.25) is 29.5 Å². The van der Waals surface area contributed by atoms with Crippen molar-refractivity contribution in [3.05, 3.63) is 48.2 Å². The van der Waals surface area contributed by atoms with Crippen LogP contribution >= 0.6 is 11.8 Å². The summed E-state index contributed by atoms with van der Waals surface area (Å²) in [6.45, 7) is 16.4. The number of ether oxygens (including phenoxy) is 4. The number of hydrogen-bond acceptors (Lipinski definition) is 16. The van der Waals surface area contributed by atoms with Crippen molar-refractivity contribution >= 4 is 71.0 Å². The van der Waals surface area contributed by atoms with E-state index in [0.29, 0.717) is 5.56 Å². The Kier molecular flexibility index (Phi) is 23.5. The maximum atomic E-state index is 15.0. The molecule has 0 spiro atoms. The number of nitrogens with zero attached hydrogens (tertiary/aromatic N) is 3. The summed E-state index contributed by atoms with van der Waals surface area (Å²) in [5, 5.41) is 21.0. The molecule has 11 unspecified atom stereocenters. The summed E-state index contributed by atoms with van der Waals surface area (Å²) < 4.78 is 23.0. The predicted molar refractivity (Wildman–Crippen MR) is 256 cm³/mol. The molecule has 1 aromatic rings. The predicted octanol–water partition coefficient (Wildman–Crippen LogP) is -0.306. The minimum absolute atomic E-state index is 0.0720. The number of rotatable bonds is 14. The Morgan fingerprint density at radius 1 is 0.857 bits per heavy atom. The lowest BCUT2D eigenvalue weighted by Crippen LogP contribution is -2.64. The zero-order valence-corrected chi connectivity index (χ0v) is 43.2. The smallest absolute Gasteiger partial charge is 0.333 e. The molecule has 0 saturated carbocycles. The molecule has 70 heavy (non-hydrogen) atoms. The molecule has 7 amide bonds. The van der Waals surface area contributed by atoms with Gasteiger partial charge in [0.25, 0.3) is 11.8 Å². The van der Waals surface area contributed by atoms with Gasteiger partial charge in [0.05, 0.1) is 18.0 Å². The number of aliphatic hydroxyl groups excluding tert-OH is 1. The van der Waals surface area contributed by atoms with Gasteiger partial charge in [-0.2, -0.15) is 11.8 Å². The molecule has 23 heteroatoms. The summed E-state index contributed by atoms with van der Waals surface area (Å²) in [6, 6.07) is -1.33. The molecule has 2 rings (SSSR count). The number of esters is 3. The van der Waals surface area contributed by atoms with E-state index < -0.39 is 144 Å². The standard InChI is InChI=1S/C47H71N7O15S/c1-23(2)38(57)35(50-33(56)22-70-15)46(64)69-39(24(3)4)36-44(62)54(13)37(29(9)66-14)47(65)67-28(8)34(49-30(10)55)45(63)68-32(21-31-19-17-16-18-20-31)43(61)53(12)26(6)40(58)48-25(5)42(60)52(11)27(7)41(59)51-36/h16-20,23-25,27-29,32,34-39,57H,6,21-22H2,1-5,7-15H3,(H,48,58)(H,49,55)(H,50,56)(H,51,59). The Morgan fingerprint density at radius 2 is 1.46 bits per heavy atom. The first-order valence-corrected chi connectivity index (χ1v) is 24.0. The Bertz CT molecular complexity index is 2070. The summed E-state index contributed by atoms with van der Waals surface area (Å²) in [4.78, 5) is 141. The third-order valence-corrected chi connectivity index (χ3v) is 12.3. The number of thioether (sulfide) groups is 1. The van der Waals surface area contributed by atoms with Gasteiger partial charge in [0.15, 0.2) is 24.2 Å². The molecule has 22 nitrogen and oxygen atoms in total. The molecule has 5 N–H and O–H groups in total. The molecule has 1 aromatic carbocycles. The third kappa shape index (κ3) is 16.3. The number of carbonyl (C=O) groups is 10. The number of methoxy groups -OCH3 is 1. The zero-order chi connectivity index (χ0) is 53.5. The van der Waals surface area contributed by atoms with Gasteiger partial charge in [0, 0.05) is 41.6 Å². The van der Waals surface area contributed by atoms with Crippen LogP contribution in [-0.2, 0) is 73.3 Å². The number of cyclic esters (lactones) is 2. The van der Waals surface area contributed by atoms with Crippen molar-refractivity contribution in [1.29, 1.82) is 0 Å². The Morgan fingerprint density at radius 3 is 1.99 bits per heavy atom. The van der Waals surface area contributed by atoms with Crippen LogP contribution in [0.3, 0.4) is 0 Å². The number of benzene rings is 1. The highest BCUT2D eigenvalue weighted by Crippen LogP contribution is 2.22. The average Bonchev–Trinajstić information content (AvgIpc) is 3.30. The van der Waals surface area contributed by atoms with E-state index in [2.05, 4.69) is 27.8 Å². The van der Waals surface area contributed by atoms with Gasteiger partial charge in [-0.15, -0.1) is 0 Å². The summed E-state index contributed by atoms with van der Waals surface area (Å²) in [5.41, 5.74) is 0.0531. The molecule has 11 atom stereocenters. The van der Waals surface area contributed by atoms with E-state index in [9.17, 15) is 48.3 Å². The summed E-state index contributed by atoms with van der Waals surface area (Å²) in [5.74, 6) is -11.2. The number of amides is 7. The molecule has 1 aliphatic rings. The van der Waals surface area contributed by atoms with Gasteiger partial charge < -0.3 is 60.0 Å². The van der Waals surface area contributed by atoms with Crippen molar-refractivity contribution in [1.82, 2.24) is 36.0 Å². The number of likely N-dealkylation sites (N-methyl/N-ethyl adjacent to an activating group) is 3. The Hall–Kier alpha value is -6.07. The first-order chi connectivity index (χ1) is 32.6. The fourth-order valence-electron chi connectivity index (χ4n) is 7.16. The SMILES string of the molecule is C=C1C(=O)NC(C)C(=O)N(C)C(C)C(=O)NC(C(OC(=O)C(NC(=O)CSC)C(O)C(C)C)C(C)C)C(=O)N(C)C(C(C)OC)C(=O)OC(C)C(NC(C)=O)C(=O)OC(Cc2ccccc2)C(=O)N1C. The zero-order valence-electron chi connectivity index (χ0n) is 42.4. The summed E-state index contributed by atoms with van der Waals surface area (Å²) >= 11 is 1.16. The lowest BCUT2D eigenvalue weighted by molar-refractivity contribution is -0.174. The van der Waals surface area contributed by atoms with Gasteiger partial charge >= 0.3 is 17.9 Å². The van der Waals surface area contributed by atoms with Gasteiger partial charge in [0.1, 0.15) is 36.0 Å². The number of carbonyl (C=O) groups excluding carboxylic acids is 10. The first-order valence-electron chi connectivity index (χ1n) is 22.6. The van der Waals surface area contributed by atoms with Gasteiger partial charge in [-0.3, -0.25) is 33.6 Å². The second-order valence-corrected chi connectivity index (χ2v) is 18.6. The topological polar surface area (TPSA) is 286 Å². The largest absolute Gasteiger partial charge is 0.458 e. The molecule has 1 aliphatic heterocycles. The van der Waals surface area contributed by atoms with Crippen molar-refractivity contribution in [3.63, 3.8) is 0 Å². The van der Waals surface area contributed by atoms with Gasteiger partial charge in [-0.05, 0) is 51.3 Å². The summed E-state index contributed by atoms with van der Waals surface area (Å²) in [7, 11) is 4.85. The molecule has 1 saturated heterocycles.